The van der Waals surface area contributed by atoms with Crippen molar-refractivity contribution in [3.05, 3.63) is 46.5 Å². The molecule has 0 spiro atoms. The Morgan fingerprint density at radius 3 is 2.69 bits per heavy atom. The number of benzene rings is 1. The van der Waals surface area contributed by atoms with Crippen molar-refractivity contribution in [1.82, 2.24) is 14.9 Å². The number of imidazole rings is 1. The highest BCUT2D eigenvalue weighted by Crippen LogP contribution is 2.40. The molecule has 2 aromatic rings. The Morgan fingerprint density at radius 2 is 2.07 bits per heavy atom. The van der Waals surface area contributed by atoms with Gasteiger partial charge in [-0.2, -0.15) is 13.2 Å². The van der Waals surface area contributed by atoms with Crippen LogP contribution in [0.3, 0.4) is 0 Å². The van der Waals surface area contributed by atoms with Crippen LogP contribution in [0.5, 0.6) is 5.75 Å². The van der Waals surface area contributed by atoms with E-state index in [0.717, 1.165) is 10.8 Å². The number of halogens is 5. The molecule has 0 aliphatic heterocycles. The Balaban J connectivity index is 1.79. The molecule has 2 rings (SSSR count). The molecular weight excluding hydrogens is 434 g/mol. The van der Waals surface area contributed by atoms with E-state index in [1.54, 1.807) is 18.2 Å². The summed E-state index contributed by atoms with van der Waals surface area (Å²) in [5, 5.41) is 13.2. The van der Waals surface area contributed by atoms with Crippen LogP contribution in [-0.4, -0.2) is 39.9 Å². The predicted octanol–water partition coefficient (Wildman–Crippen LogP) is 3.84. The average Bonchev–Trinajstić information content (AvgIpc) is 3.07. The Kier molecular flexibility index (Phi) is 7.79. The number of aliphatic hydroxyl groups is 1. The van der Waals surface area contributed by atoms with Gasteiger partial charge in [-0.3, -0.25) is 4.79 Å². The van der Waals surface area contributed by atoms with Crippen LogP contribution in [0.2, 0.25) is 10.0 Å². The molecular formula is C18H20Cl2F3N3O3. The number of alkyl halides is 3. The van der Waals surface area contributed by atoms with Gasteiger partial charge in [0, 0.05) is 38.8 Å². The summed E-state index contributed by atoms with van der Waals surface area (Å²) < 4.78 is 46.7. The fourth-order valence-electron chi connectivity index (χ4n) is 2.63. The van der Waals surface area contributed by atoms with E-state index in [2.05, 4.69) is 10.3 Å². The fourth-order valence-corrected chi connectivity index (χ4v) is 2.97. The number of aryl methyl sites for hydroxylation is 1. The minimum absolute atomic E-state index is 0.0328. The molecule has 1 heterocycles. The molecule has 6 nitrogen and oxygen atoms in total. The summed E-state index contributed by atoms with van der Waals surface area (Å²) in [7, 11) is 1.35. The summed E-state index contributed by atoms with van der Waals surface area (Å²) in [6.07, 6.45) is -2.89. The number of ether oxygens (including phenoxy) is 1. The summed E-state index contributed by atoms with van der Waals surface area (Å²) >= 11 is 11.8. The number of carbonyl (C=O) groups excluding carboxylic acids is 1. The largest absolute Gasteiger partial charge is 0.492 e. The van der Waals surface area contributed by atoms with Crippen molar-refractivity contribution in [3.63, 3.8) is 0 Å². The first-order valence-corrected chi connectivity index (χ1v) is 9.42. The highest BCUT2D eigenvalue weighted by atomic mass is 35.5. The molecule has 11 heteroatoms. The van der Waals surface area contributed by atoms with E-state index in [1.165, 1.54) is 13.2 Å². The van der Waals surface area contributed by atoms with Crippen molar-refractivity contribution in [3.8, 4) is 5.75 Å². The van der Waals surface area contributed by atoms with Gasteiger partial charge in [-0.25, -0.2) is 4.98 Å². The minimum atomic E-state index is -4.94. The minimum Gasteiger partial charge on any atom is -0.492 e. The lowest BCUT2D eigenvalue weighted by Gasteiger charge is -2.30. The van der Waals surface area contributed by atoms with E-state index >= 15 is 0 Å². The Morgan fingerprint density at radius 1 is 1.34 bits per heavy atom. The fraction of sp³-hybridized carbons (Fsp3) is 0.444. The Bertz CT molecular complexity index is 845. The van der Waals surface area contributed by atoms with Gasteiger partial charge in [0.25, 0.3) is 0 Å². The van der Waals surface area contributed by atoms with Gasteiger partial charge < -0.3 is 19.7 Å². The van der Waals surface area contributed by atoms with E-state index in [4.69, 9.17) is 27.9 Å². The number of rotatable bonds is 9. The van der Waals surface area contributed by atoms with Gasteiger partial charge >= 0.3 is 6.18 Å². The molecule has 0 radical (unpaired) electrons. The van der Waals surface area contributed by atoms with Crippen molar-refractivity contribution < 1.29 is 27.8 Å². The maximum absolute atomic E-state index is 13.4. The molecule has 1 aromatic carbocycles. The van der Waals surface area contributed by atoms with Crippen molar-refractivity contribution in [2.45, 2.75) is 31.0 Å². The number of hydrogen-bond donors (Lipinski definition) is 2. The molecule has 0 aliphatic rings. The number of hydrogen-bond acceptors (Lipinski definition) is 4. The van der Waals surface area contributed by atoms with Gasteiger partial charge in [0.15, 0.2) is 0 Å². The van der Waals surface area contributed by atoms with Gasteiger partial charge in [-0.1, -0.05) is 29.3 Å². The SMILES string of the molecule is Cn1ccnc1C(O)(CCNC(=O)CCCOc1cccc(Cl)c1Cl)C(F)(F)F. The second kappa shape index (κ2) is 9.69. The van der Waals surface area contributed by atoms with Gasteiger partial charge in [0.1, 0.15) is 16.6 Å². The maximum Gasteiger partial charge on any atom is 0.424 e. The first-order valence-electron chi connectivity index (χ1n) is 8.66. The average molecular weight is 454 g/mol. The molecule has 0 aliphatic carbocycles. The third-order valence-corrected chi connectivity index (χ3v) is 4.99. The number of carbonyl (C=O) groups is 1. The number of aromatic nitrogens is 2. The first kappa shape index (κ1) is 23.3. The molecule has 160 valence electrons. The van der Waals surface area contributed by atoms with Crippen molar-refractivity contribution in [1.29, 1.82) is 0 Å². The molecule has 2 N–H and O–H groups in total. The standard InChI is InChI=1S/C18H20Cl2F3N3O3/c1-26-10-9-25-16(26)17(28,18(21,22)23)7-8-24-14(27)6-3-11-29-13-5-2-4-12(19)15(13)20/h2,4-5,9-10,28H,3,6-8,11H2,1H3,(H,24,27). The van der Waals surface area contributed by atoms with Crippen LogP contribution < -0.4 is 10.1 Å². The second-order valence-corrected chi connectivity index (χ2v) is 7.11. The third-order valence-electron chi connectivity index (χ3n) is 4.19. The van der Waals surface area contributed by atoms with Crippen LogP contribution in [0.1, 0.15) is 25.1 Å². The number of nitrogens with zero attached hydrogens (tertiary/aromatic N) is 2. The molecule has 29 heavy (non-hydrogen) atoms. The highest BCUT2D eigenvalue weighted by Gasteiger charge is 2.57. The first-order chi connectivity index (χ1) is 13.6. The summed E-state index contributed by atoms with van der Waals surface area (Å²) in [6, 6.07) is 4.90. The van der Waals surface area contributed by atoms with Gasteiger partial charge in [0.05, 0.1) is 11.6 Å². The normalized spacial score (nSPS) is 13.8. The van der Waals surface area contributed by atoms with E-state index in [-0.39, 0.29) is 24.6 Å². The molecule has 0 fully saturated rings. The number of nitrogens with one attached hydrogen (secondary N) is 1. The van der Waals surface area contributed by atoms with E-state index in [0.29, 0.717) is 17.2 Å². The molecule has 0 saturated carbocycles. The molecule has 1 aromatic heterocycles. The maximum atomic E-state index is 13.4. The van der Waals surface area contributed by atoms with Crippen LogP contribution in [0.4, 0.5) is 13.2 Å². The van der Waals surface area contributed by atoms with Crippen molar-refractivity contribution >= 4 is 29.1 Å². The lowest BCUT2D eigenvalue weighted by molar-refractivity contribution is -0.272. The van der Waals surface area contributed by atoms with Gasteiger partial charge in [-0.05, 0) is 18.6 Å². The van der Waals surface area contributed by atoms with Crippen LogP contribution in [0.25, 0.3) is 0 Å². The summed E-state index contributed by atoms with van der Waals surface area (Å²) in [4.78, 5) is 15.5. The number of amides is 1. The molecule has 1 unspecified atom stereocenters. The lowest BCUT2D eigenvalue weighted by Crippen LogP contribution is -2.46. The van der Waals surface area contributed by atoms with Gasteiger partial charge in [-0.15, -0.1) is 0 Å². The zero-order chi connectivity index (χ0) is 21.7. The topological polar surface area (TPSA) is 76.4 Å². The third kappa shape index (κ3) is 5.77. The smallest absolute Gasteiger partial charge is 0.424 e. The van der Waals surface area contributed by atoms with Crippen molar-refractivity contribution in [2.75, 3.05) is 13.2 Å². The quantitative estimate of drug-likeness (QED) is 0.565. The second-order valence-electron chi connectivity index (χ2n) is 6.32. The van der Waals surface area contributed by atoms with Gasteiger partial charge in [0.2, 0.25) is 11.5 Å². The molecule has 1 atom stereocenters. The highest BCUT2D eigenvalue weighted by molar-refractivity contribution is 6.42. The zero-order valence-corrected chi connectivity index (χ0v) is 17.0. The van der Waals surface area contributed by atoms with Crippen LogP contribution in [0, 0.1) is 0 Å². The Labute approximate surface area is 175 Å². The molecule has 0 saturated heterocycles. The predicted molar refractivity (Wildman–Crippen MR) is 102 cm³/mol. The summed E-state index contributed by atoms with van der Waals surface area (Å²) in [5.74, 6) is -0.619. The summed E-state index contributed by atoms with van der Waals surface area (Å²) in [6.45, 7) is -0.198. The van der Waals surface area contributed by atoms with Crippen LogP contribution >= 0.6 is 23.2 Å². The van der Waals surface area contributed by atoms with Crippen LogP contribution in [-0.2, 0) is 17.4 Å². The van der Waals surface area contributed by atoms with E-state index in [1.807, 2.05) is 0 Å². The Hall–Kier alpha value is -1.97. The van der Waals surface area contributed by atoms with Crippen LogP contribution in [0.15, 0.2) is 30.6 Å². The lowest BCUT2D eigenvalue weighted by atomic mass is 9.97. The molecule has 1 amide bonds. The summed E-state index contributed by atoms with van der Waals surface area (Å²) in [5.41, 5.74) is -3.16. The van der Waals surface area contributed by atoms with E-state index < -0.39 is 29.9 Å². The monoisotopic (exact) mass is 453 g/mol. The zero-order valence-electron chi connectivity index (χ0n) is 15.5. The van der Waals surface area contributed by atoms with E-state index in [9.17, 15) is 23.1 Å². The molecule has 0 bridgehead atoms. The van der Waals surface area contributed by atoms with Crippen molar-refractivity contribution in [2.24, 2.45) is 7.05 Å².